The summed E-state index contributed by atoms with van der Waals surface area (Å²) in [5.74, 6) is -0.381. The van der Waals surface area contributed by atoms with Crippen LogP contribution < -0.4 is 5.73 Å². The van der Waals surface area contributed by atoms with Crippen molar-refractivity contribution in [2.75, 3.05) is 0 Å². The molecule has 0 unspecified atom stereocenters. The van der Waals surface area contributed by atoms with Crippen LogP contribution in [0.5, 0.6) is 0 Å². The SMILES string of the molecule is NC(=O)c1ccc(-c2csc(CCCCc3cccs3)c2)cc1. The molecule has 118 valence electrons. The largest absolute Gasteiger partial charge is 0.366 e. The van der Waals surface area contributed by atoms with Crippen molar-refractivity contribution in [3.05, 3.63) is 68.5 Å². The molecule has 0 aliphatic heterocycles. The Morgan fingerprint density at radius 1 is 0.913 bits per heavy atom. The molecule has 0 aliphatic carbocycles. The number of amides is 1. The van der Waals surface area contributed by atoms with Crippen molar-refractivity contribution in [3.63, 3.8) is 0 Å². The van der Waals surface area contributed by atoms with Gasteiger partial charge in [0.25, 0.3) is 0 Å². The molecule has 0 radical (unpaired) electrons. The molecule has 1 amide bonds. The predicted molar refractivity (Wildman–Crippen MR) is 99.2 cm³/mol. The van der Waals surface area contributed by atoms with Crippen LogP contribution in [0.4, 0.5) is 0 Å². The van der Waals surface area contributed by atoms with Crippen molar-refractivity contribution in [3.8, 4) is 11.1 Å². The Morgan fingerprint density at radius 3 is 2.30 bits per heavy atom. The van der Waals surface area contributed by atoms with E-state index in [1.165, 1.54) is 34.6 Å². The molecule has 3 rings (SSSR count). The van der Waals surface area contributed by atoms with E-state index in [9.17, 15) is 4.79 Å². The van der Waals surface area contributed by atoms with Crippen LogP contribution in [-0.2, 0) is 12.8 Å². The fraction of sp³-hybridized carbons (Fsp3) is 0.211. The molecule has 23 heavy (non-hydrogen) atoms. The summed E-state index contributed by atoms with van der Waals surface area (Å²) in [6.45, 7) is 0. The highest BCUT2D eigenvalue weighted by atomic mass is 32.1. The van der Waals surface area contributed by atoms with Crippen molar-refractivity contribution >= 4 is 28.6 Å². The van der Waals surface area contributed by atoms with Crippen LogP contribution in [0.3, 0.4) is 0 Å². The molecule has 0 bridgehead atoms. The summed E-state index contributed by atoms with van der Waals surface area (Å²) in [6.07, 6.45) is 4.78. The zero-order valence-corrected chi connectivity index (χ0v) is 14.5. The van der Waals surface area contributed by atoms with Crippen LogP contribution in [0.25, 0.3) is 11.1 Å². The van der Waals surface area contributed by atoms with E-state index in [1.807, 2.05) is 34.8 Å². The average Bonchev–Trinajstić information content (AvgIpc) is 3.23. The van der Waals surface area contributed by atoms with Crippen molar-refractivity contribution < 1.29 is 4.79 Å². The lowest BCUT2D eigenvalue weighted by Gasteiger charge is -2.00. The van der Waals surface area contributed by atoms with E-state index in [4.69, 9.17) is 5.73 Å². The first-order chi connectivity index (χ1) is 11.2. The van der Waals surface area contributed by atoms with Gasteiger partial charge in [-0.2, -0.15) is 0 Å². The third-order valence-corrected chi connectivity index (χ3v) is 5.77. The van der Waals surface area contributed by atoms with Crippen LogP contribution in [-0.4, -0.2) is 5.91 Å². The fourth-order valence-corrected chi connectivity index (χ4v) is 4.23. The second-order valence-corrected chi connectivity index (χ2v) is 7.56. The Balaban J connectivity index is 1.54. The van der Waals surface area contributed by atoms with Gasteiger partial charge in [0.1, 0.15) is 0 Å². The molecule has 0 aliphatic rings. The van der Waals surface area contributed by atoms with Gasteiger partial charge in [-0.3, -0.25) is 4.79 Å². The number of primary amides is 1. The maximum atomic E-state index is 11.1. The van der Waals surface area contributed by atoms with Gasteiger partial charge in [-0.15, -0.1) is 22.7 Å². The quantitative estimate of drug-likeness (QED) is 0.594. The standard InChI is InChI=1S/C19H19NOS2/c20-19(21)15-9-7-14(8-10-15)16-12-18(23-13-16)5-2-1-4-17-6-3-11-22-17/h3,6-13H,1-2,4-5H2,(H2,20,21). The van der Waals surface area contributed by atoms with Crippen LogP contribution in [0.15, 0.2) is 53.2 Å². The molecule has 0 spiro atoms. The summed E-state index contributed by atoms with van der Waals surface area (Å²) in [7, 11) is 0. The van der Waals surface area contributed by atoms with E-state index in [1.54, 1.807) is 12.1 Å². The number of thiophene rings is 2. The molecule has 2 nitrogen and oxygen atoms in total. The van der Waals surface area contributed by atoms with E-state index in [2.05, 4.69) is 29.0 Å². The zero-order chi connectivity index (χ0) is 16.1. The Kier molecular flexibility index (Phi) is 5.26. The van der Waals surface area contributed by atoms with E-state index >= 15 is 0 Å². The molecule has 2 N–H and O–H groups in total. The van der Waals surface area contributed by atoms with Crippen molar-refractivity contribution in [1.29, 1.82) is 0 Å². The number of benzene rings is 1. The zero-order valence-electron chi connectivity index (χ0n) is 12.8. The molecule has 0 saturated heterocycles. The second-order valence-electron chi connectivity index (χ2n) is 5.53. The average molecular weight is 342 g/mol. The molecular formula is C19H19NOS2. The van der Waals surface area contributed by atoms with Gasteiger partial charge >= 0.3 is 0 Å². The summed E-state index contributed by atoms with van der Waals surface area (Å²) >= 11 is 3.66. The predicted octanol–water partition coefficient (Wildman–Crippen LogP) is 5.14. The molecule has 2 heterocycles. The van der Waals surface area contributed by atoms with E-state index in [-0.39, 0.29) is 5.91 Å². The second kappa shape index (κ2) is 7.57. The Hall–Kier alpha value is -1.91. The lowest BCUT2D eigenvalue weighted by Crippen LogP contribution is -2.10. The van der Waals surface area contributed by atoms with E-state index < -0.39 is 0 Å². The number of carbonyl (C=O) groups is 1. The highest BCUT2D eigenvalue weighted by Gasteiger charge is 2.05. The summed E-state index contributed by atoms with van der Waals surface area (Å²) < 4.78 is 0. The first-order valence-electron chi connectivity index (χ1n) is 7.72. The Labute approximate surface area is 144 Å². The smallest absolute Gasteiger partial charge is 0.248 e. The number of hydrogen-bond donors (Lipinski definition) is 1. The maximum absolute atomic E-state index is 11.1. The molecule has 3 aromatic rings. The van der Waals surface area contributed by atoms with Gasteiger partial charge in [-0.1, -0.05) is 18.2 Å². The molecule has 4 heteroatoms. The lowest BCUT2D eigenvalue weighted by atomic mass is 10.1. The van der Waals surface area contributed by atoms with Gasteiger partial charge < -0.3 is 5.73 Å². The minimum absolute atomic E-state index is 0.381. The van der Waals surface area contributed by atoms with Gasteiger partial charge in [0.2, 0.25) is 5.91 Å². The van der Waals surface area contributed by atoms with Gasteiger partial charge in [0, 0.05) is 15.3 Å². The third kappa shape index (κ3) is 4.30. The number of nitrogens with two attached hydrogens (primary N) is 1. The maximum Gasteiger partial charge on any atom is 0.248 e. The van der Waals surface area contributed by atoms with Gasteiger partial charge in [0.05, 0.1) is 0 Å². The number of unbranched alkanes of at least 4 members (excludes halogenated alkanes) is 1. The monoisotopic (exact) mass is 341 g/mol. The van der Waals surface area contributed by atoms with Gasteiger partial charge in [0.15, 0.2) is 0 Å². The molecule has 2 aromatic heterocycles. The van der Waals surface area contributed by atoms with Crippen LogP contribution in [0.2, 0.25) is 0 Å². The highest BCUT2D eigenvalue weighted by molar-refractivity contribution is 7.10. The van der Waals surface area contributed by atoms with Crippen molar-refractivity contribution in [2.24, 2.45) is 5.73 Å². The topological polar surface area (TPSA) is 43.1 Å². The summed E-state index contributed by atoms with van der Waals surface area (Å²) in [5.41, 5.74) is 8.18. The first-order valence-corrected chi connectivity index (χ1v) is 9.48. The van der Waals surface area contributed by atoms with Crippen LogP contribution in [0.1, 0.15) is 33.0 Å². The normalized spacial score (nSPS) is 10.8. The molecule has 0 fully saturated rings. The summed E-state index contributed by atoms with van der Waals surface area (Å²) in [5, 5.41) is 4.33. The Morgan fingerprint density at radius 2 is 1.65 bits per heavy atom. The highest BCUT2D eigenvalue weighted by Crippen LogP contribution is 2.27. The van der Waals surface area contributed by atoms with Crippen molar-refractivity contribution in [1.82, 2.24) is 0 Å². The van der Waals surface area contributed by atoms with E-state index in [0.29, 0.717) is 5.56 Å². The summed E-state index contributed by atoms with van der Waals surface area (Å²) in [6, 6.07) is 14.1. The number of carbonyl (C=O) groups excluding carboxylic acids is 1. The van der Waals surface area contributed by atoms with Crippen LogP contribution in [0, 0.1) is 0 Å². The number of rotatable bonds is 7. The molecule has 0 saturated carbocycles. The minimum atomic E-state index is -0.381. The lowest BCUT2D eigenvalue weighted by molar-refractivity contribution is 0.100. The van der Waals surface area contributed by atoms with Gasteiger partial charge in [-0.05, 0) is 71.8 Å². The third-order valence-electron chi connectivity index (χ3n) is 3.83. The Bertz CT molecular complexity index is 757. The molecule has 1 aromatic carbocycles. The number of aryl methyl sites for hydroxylation is 2. The van der Waals surface area contributed by atoms with Crippen molar-refractivity contribution in [2.45, 2.75) is 25.7 Å². The fourth-order valence-electron chi connectivity index (χ4n) is 2.54. The molecule has 0 atom stereocenters. The number of hydrogen-bond acceptors (Lipinski definition) is 3. The summed E-state index contributed by atoms with van der Waals surface area (Å²) in [4.78, 5) is 14.0. The van der Waals surface area contributed by atoms with Crippen LogP contribution >= 0.6 is 22.7 Å². The molecular weight excluding hydrogens is 322 g/mol. The first kappa shape index (κ1) is 16.0. The van der Waals surface area contributed by atoms with E-state index in [0.717, 1.165) is 12.0 Å². The minimum Gasteiger partial charge on any atom is -0.366 e. The van der Waals surface area contributed by atoms with Gasteiger partial charge in [-0.25, -0.2) is 0 Å².